The molecular weight excluding hydrogens is 298 g/mol. The minimum absolute atomic E-state index is 0.0134. The van der Waals surface area contributed by atoms with Crippen molar-refractivity contribution in [2.45, 2.75) is 6.92 Å². The van der Waals surface area contributed by atoms with Gasteiger partial charge in [0.2, 0.25) is 0 Å². The van der Waals surface area contributed by atoms with Crippen molar-refractivity contribution in [1.82, 2.24) is 0 Å². The number of nitrogens with two attached hydrogens (primary N) is 1. The van der Waals surface area contributed by atoms with Crippen molar-refractivity contribution in [2.75, 3.05) is 18.2 Å². The van der Waals surface area contributed by atoms with Crippen molar-refractivity contribution < 1.29 is 9.66 Å². The van der Waals surface area contributed by atoms with Crippen LogP contribution in [0.2, 0.25) is 0 Å². The second-order valence-electron chi connectivity index (χ2n) is 5.09. The Morgan fingerprint density at radius 1 is 1.52 bits per heavy atom. The summed E-state index contributed by atoms with van der Waals surface area (Å²) in [5.41, 5.74) is 8.93. The van der Waals surface area contributed by atoms with Gasteiger partial charge in [0.05, 0.1) is 29.5 Å². The molecule has 0 unspecified atom stereocenters. The molecule has 116 valence electrons. The summed E-state index contributed by atoms with van der Waals surface area (Å²) in [5.74, 6) is 0.196. The number of aryl methyl sites for hydroxylation is 1. The molecule has 2 aliphatic heterocycles. The normalized spacial score (nSPS) is 17.1. The molecule has 0 aromatic heterocycles. The zero-order chi connectivity index (χ0) is 16.6. The van der Waals surface area contributed by atoms with Gasteiger partial charge in [-0.3, -0.25) is 10.1 Å². The SMILES string of the molecule is Cc1cc([N+](=O)[O-])ccc1N1N=C2COCC=C2C(C#N)=C1N. The van der Waals surface area contributed by atoms with Crippen LogP contribution < -0.4 is 10.7 Å². The van der Waals surface area contributed by atoms with Crippen LogP contribution in [0.15, 0.2) is 46.3 Å². The van der Waals surface area contributed by atoms with Gasteiger partial charge in [0.1, 0.15) is 17.5 Å². The third-order valence-corrected chi connectivity index (χ3v) is 3.66. The molecular formula is C15H13N5O3. The fourth-order valence-electron chi connectivity index (χ4n) is 2.53. The maximum atomic E-state index is 10.9. The van der Waals surface area contributed by atoms with Gasteiger partial charge in [0.15, 0.2) is 0 Å². The summed E-state index contributed by atoms with van der Waals surface area (Å²) >= 11 is 0. The summed E-state index contributed by atoms with van der Waals surface area (Å²) in [6, 6.07) is 6.49. The number of anilines is 1. The van der Waals surface area contributed by atoms with Gasteiger partial charge in [-0.15, -0.1) is 0 Å². The second kappa shape index (κ2) is 5.55. The first-order chi connectivity index (χ1) is 11.0. The Hall–Kier alpha value is -3.18. The van der Waals surface area contributed by atoms with Crippen LogP contribution in [-0.4, -0.2) is 23.8 Å². The van der Waals surface area contributed by atoms with Gasteiger partial charge in [-0.2, -0.15) is 10.4 Å². The molecule has 0 spiro atoms. The lowest BCUT2D eigenvalue weighted by Crippen LogP contribution is -2.34. The first kappa shape index (κ1) is 14.7. The molecule has 8 heteroatoms. The number of fused-ring (bicyclic) bond motifs is 1. The number of allylic oxidation sites excluding steroid dienone is 1. The van der Waals surface area contributed by atoms with Gasteiger partial charge < -0.3 is 10.5 Å². The molecule has 2 aliphatic rings. The average molecular weight is 311 g/mol. The third-order valence-electron chi connectivity index (χ3n) is 3.66. The van der Waals surface area contributed by atoms with Crippen LogP contribution in [0, 0.1) is 28.4 Å². The zero-order valence-electron chi connectivity index (χ0n) is 12.3. The van der Waals surface area contributed by atoms with E-state index >= 15 is 0 Å². The molecule has 1 aromatic rings. The molecule has 0 radical (unpaired) electrons. The Labute approximate surface area is 131 Å². The molecule has 3 rings (SSSR count). The minimum atomic E-state index is -0.464. The first-order valence-electron chi connectivity index (χ1n) is 6.84. The molecule has 2 N–H and O–H groups in total. The van der Waals surface area contributed by atoms with E-state index in [2.05, 4.69) is 11.2 Å². The van der Waals surface area contributed by atoms with E-state index in [1.807, 2.05) is 0 Å². The standard InChI is InChI=1S/C15H13N5O3/c1-9-6-10(20(21)22)2-3-14(9)19-15(17)12(7-16)11-4-5-23-8-13(11)18-19/h2-4,6H,5,8,17H2,1H3. The number of nitro groups is 1. The maximum absolute atomic E-state index is 10.9. The van der Waals surface area contributed by atoms with Gasteiger partial charge in [0.25, 0.3) is 5.69 Å². The fraction of sp³-hybridized carbons (Fsp3) is 0.200. The van der Waals surface area contributed by atoms with E-state index < -0.39 is 4.92 Å². The average Bonchev–Trinajstić information content (AvgIpc) is 2.54. The van der Waals surface area contributed by atoms with Crippen molar-refractivity contribution >= 4 is 17.1 Å². The molecule has 2 heterocycles. The predicted octanol–water partition coefficient (Wildman–Crippen LogP) is 1.73. The molecule has 8 nitrogen and oxygen atoms in total. The van der Waals surface area contributed by atoms with Gasteiger partial charge in [-0.25, -0.2) is 5.01 Å². The minimum Gasteiger partial charge on any atom is -0.383 e. The summed E-state index contributed by atoms with van der Waals surface area (Å²) in [5, 5.41) is 26.1. The predicted molar refractivity (Wildman–Crippen MR) is 83.5 cm³/mol. The number of nitro benzene ring substituents is 1. The number of non-ortho nitro benzene ring substituents is 1. The Bertz CT molecular complexity index is 832. The van der Waals surface area contributed by atoms with Gasteiger partial charge >= 0.3 is 0 Å². The second-order valence-corrected chi connectivity index (χ2v) is 5.09. The number of nitriles is 1. The Balaban J connectivity index is 2.11. The van der Waals surface area contributed by atoms with E-state index in [4.69, 9.17) is 10.5 Å². The molecule has 0 aliphatic carbocycles. The highest BCUT2D eigenvalue weighted by Crippen LogP contribution is 2.32. The van der Waals surface area contributed by atoms with E-state index in [0.29, 0.717) is 34.7 Å². The highest BCUT2D eigenvalue weighted by atomic mass is 16.6. The molecule has 0 saturated carbocycles. The summed E-state index contributed by atoms with van der Waals surface area (Å²) < 4.78 is 5.34. The lowest BCUT2D eigenvalue weighted by Gasteiger charge is -2.29. The Morgan fingerprint density at radius 3 is 2.96 bits per heavy atom. The molecule has 0 amide bonds. The monoisotopic (exact) mass is 311 g/mol. The quantitative estimate of drug-likeness (QED) is 0.656. The molecule has 1 aromatic carbocycles. The van der Waals surface area contributed by atoms with Crippen LogP contribution in [0.5, 0.6) is 0 Å². The highest BCUT2D eigenvalue weighted by Gasteiger charge is 2.28. The number of benzene rings is 1. The number of rotatable bonds is 2. The van der Waals surface area contributed by atoms with Crippen molar-refractivity contribution in [2.24, 2.45) is 10.8 Å². The molecule has 0 atom stereocenters. The van der Waals surface area contributed by atoms with Crippen molar-refractivity contribution in [3.63, 3.8) is 0 Å². The first-order valence-corrected chi connectivity index (χ1v) is 6.84. The lowest BCUT2D eigenvalue weighted by molar-refractivity contribution is -0.384. The van der Waals surface area contributed by atoms with Crippen molar-refractivity contribution in [3.05, 3.63) is 56.9 Å². The Morgan fingerprint density at radius 2 is 2.30 bits per heavy atom. The van der Waals surface area contributed by atoms with E-state index in [9.17, 15) is 15.4 Å². The van der Waals surface area contributed by atoms with Gasteiger partial charge in [-0.1, -0.05) is 0 Å². The zero-order valence-corrected chi connectivity index (χ0v) is 12.3. The van der Waals surface area contributed by atoms with Crippen LogP contribution in [0.1, 0.15) is 5.56 Å². The van der Waals surface area contributed by atoms with E-state index in [0.717, 1.165) is 0 Å². The van der Waals surface area contributed by atoms with Crippen LogP contribution in [0.3, 0.4) is 0 Å². The molecule has 0 bridgehead atoms. The number of nitrogens with zero attached hydrogens (tertiary/aromatic N) is 4. The maximum Gasteiger partial charge on any atom is 0.269 e. The summed E-state index contributed by atoms with van der Waals surface area (Å²) in [7, 11) is 0. The number of ether oxygens (including phenoxy) is 1. The number of hydrogen-bond donors (Lipinski definition) is 1. The smallest absolute Gasteiger partial charge is 0.269 e. The number of hydrazone groups is 1. The van der Waals surface area contributed by atoms with Crippen molar-refractivity contribution in [1.29, 1.82) is 5.26 Å². The van der Waals surface area contributed by atoms with Crippen molar-refractivity contribution in [3.8, 4) is 6.07 Å². The van der Waals surface area contributed by atoms with E-state index in [1.54, 1.807) is 19.1 Å². The number of hydrogen-bond acceptors (Lipinski definition) is 7. The molecule has 0 fully saturated rings. The summed E-state index contributed by atoms with van der Waals surface area (Å²) in [6.07, 6.45) is 1.77. The fourth-order valence-corrected chi connectivity index (χ4v) is 2.53. The third kappa shape index (κ3) is 2.43. The highest BCUT2D eigenvalue weighted by molar-refractivity contribution is 6.08. The molecule has 23 heavy (non-hydrogen) atoms. The largest absolute Gasteiger partial charge is 0.383 e. The summed E-state index contributed by atoms with van der Waals surface area (Å²) in [4.78, 5) is 10.4. The van der Waals surface area contributed by atoms with Gasteiger partial charge in [-0.05, 0) is 24.6 Å². The van der Waals surface area contributed by atoms with Gasteiger partial charge in [0, 0.05) is 17.7 Å². The van der Waals surface area contributed by atoms with E-state index in [1.165, 1.54) is 17.1 Å². The van der Waals surface area contributed by atoms with Crippen LogP contribution in [0.4, 0.5) is 11.4 Å². The van der Waals surface area contributed by atoms with Crippen LogP contribution in [-0.2, 0) is 4.74 Å². The summed E-state index contributed by atoms with van der Waals surface area (Å²) in [6.45, 7) is 2.42. The molecule has 0 saturated heterocycles. The lowest BCUT2D eigenvalue weighted by atomic mass is 9.99. The van der Waals surface area contributed by atoms with E-state index in [-0.39, 0.29) is 18.1 Å². The van der Waals surface area contributed by atoms with Crippen LogP contribution in [0.25, 0.3) is 0 Å². The Kier molecular flexibility index (Phi) is 3.56. The van der Waals surface area contributed by atoms with Crippen LogP contribution >= 0.6 is 0 Å². The topological polar surface area (TPSA) is 118 Å².